The molecule has 24 heavy (non-hydrogen) atoms. The quantitative estimate of drug-likeness (QED) is 0.482. The van der Waals surface area contributed by atoms with E-state index in [-0.39, 0.29) is 5.96 Å². The highest BCUT2D eigenvalue weighted by Gasteiger charge is 1.98. The Balaban J connectivity index is 1.97. The van der Waals surface area contributed by atoms with Crippen LogP contribution >= 0.6 is 0 Å². The molecular weight excluding hydrogens is 306 g/mol. The molecule has 0 aromatic heterocycles. The van der Waals surface area contributed by atoms with Crippen LogP contribution in [-0.4, -0.2) is 32.6 Å². The molecule has 0 heterocycles. The number of rotatable bonds is 6. The van der Waals surface area contributed by atoms with Gasteiger partial charge in [-0.3, -0.25) is 0 Å². The van der Waals surface area contributed by atoms with E-state index in [9.17, 15) is 0 Å². The first-order valence-corrected chi connectivity index (χ1v) is 7.16. The number of benzene rings is 2. The van der Waals surface area contributed by atoms with Gasteiger partial charge in [0.05, 0.1) is 26.6 Å². The number of para-hydroxylation sites is 2. The van der Waals surface area contributed by atoms with Crippen LogP contribution in [0.3, 0.4) is 0 Å². The Morgan fingerprint density at radius 1 is 0.917 bits per heavy atom. The van der Waals surface area contributed by atoms with Crippen molar-refractivity contribution in [3.63, 3.8) is 0 Å². The summed E-state index contributed by atoms with van der Waals surface area (Å²) in [5.74, 6) is 1.48. The molecule has 0 amide bonds. The fourth-order valence-electron chi connectivity index (χ4n) is 1.89. The van der Waals surface area contributed by atoms with Crippen LogP contribution in [0.15, 0.2) is 63.8 Å². The molecule has 0 radical (unpaired) electrons. The van der Waals surface area contributed by atoms with Crippen molar-refractivity contribution in [2.75, 3.05) is 14.2 Å². The number of methoxy groups -OCH3 is 2. The van der Waals surface area contributed by atoms with Gasteiger partial charge in [0.25, 0.3) is 0 Å². The highest BCUT2D eigenvalue weighted by atomic mass is 16.5. The van der Waals surface area contributed by atoms with Gasteiger partial charge in [-0.1, -0.05) is 24.3 Å². The number of hydrazone groups is 1. The molecule has 7 nitrogen and oxygen atoms in total. The molecule has 0 unspecified atom stereocenters. The van der Waals surface area contributed by atoms with Gasteiger partial charge in [0.1, 0.15) is 11.5 Å². The van der Waals surface area contributed by atoms with Gasteiger partial charge in [-0.15, -0.1) is 5.10 Å². The summed E-state index contributed by atoms with van der Waals surface area (Å²) in [6, 6.07) is 14.9. The zero-order valence-electron chi connectivity index (χ0n) is 13.5. The number of nitrogens with one attached hydrogen (secondary N) is 1. The van der Waals surface area contributed by atoms with Crippen LogP contribution < -0.4 is 20.6 Å². The summed E-state index contributed by atoms with van der Waals surface area (Å²) in [6.07, 6.45) is 3.14. The van der Waals surface area contributed by atoms with Gasteiger partial charge in [-0.25, -0.2) is 5.43 Å². The summed E-state index contributed by atoms with van der Waals surface area (Å²) in [6.45, 7) is 0. The van der Waals surface area contributed by atoms with Crippen molar-refractivity contribution in [1.29, 1.82) is 0 Å². The third-order valence-electron chi connectivity index (χ3n) is 3.02. The van der Waals surface area contributed by atoms with Crippen molar-refractivity contribution < 1.29 is 9.47 Å². The molecule has 2 rings (SSSR count). The summed E-state index contributed by atoms with van der Waals surface area (Å²) in [5, 5.41) is 11.7. The summed E-state index contributed by atoms with van der Waals surface area (Å²) in [7, 11) is 3.20. The maximum atomic E-state index is 5.69. The van der Waals surface area contributed by atoms with E-state index in [1.165, 1.54) is 0 Å². The normalized spacial score (nSPS) is 11.8. The topological polar surface area (TPSA) is 93.6 Å². The fraction of sp³-hybridized carbons (Fsp3) is 0.118. The van der Waals surface area contributed by atoms with Crippen molar-refractivity contribution in [3.05, 3.63) is 59.7 Å². The van der Waals surface area contributed by atoms with E-state index in [0.717, 1.165) is 11.1 Å². The van der Waals surface area contributed by atoms with Gasteiger partial charge in [-0.05, 0) is 24.3 Å². The van der Waals surface area contributed by atoms with Crippen molar-refractivity contribution >= 4 is 18.4 Å². The molecule has 7 heteroatoms. The molecule has 0 saturated carbocycles. The molecule has 3 N–H and O–H groups in total. The molecule has 0 aliphatic carbocycles. The Bertz CT molecular complexity index is 756. The average Bonchev–Trinajstić information content (AvgIpc) is 2.62. The number of hydrogen-bond donors (Lipinski definition) is 2. The maximum absolute atomic E-state index is 5.69. The molecule has 0 spiro atoms. The zero-order chi connectivity index (χ0) is 17.2. The van der Waals surface area contributed by atoms with Gasteiger partial charge in [0, 0.05) is 11.1 Å². The summed E-state index contributed by atoms with van der Waals surface area (Å²) >= 11 is 0. The molecular formula is C17H19N5O2. The average molecular weight is 325 g/mol. The van der Waals surface area contributed by atoms with Crippen molar-refractivity contribution in [2.45, 2.75) is 0 Å². The minimum atomic E-state index is 0.0623. The molecule has 0 fully saturated rings. The van der Waals surface area contributed by atoms with Crippen LogP contribution in [0.25, 0.3) is 0 Å². The van der Waals surface area contributed by atoms with E-state index in [0.29, 0.717) is 11.5 Å². The van der Waals surface area contributed by atoms with Gasteiger partial charge in [-0.2, -0.15) is 10.2 Å². The minimum Gasteiger partial charge on any atom is -0.496 e. The second kappa shape index (κ2) is 8.94. The molecule has 0 aliphatic rings. The van der Waals surface area contributed by atoms with E-state index < -0.39 is 0 Å². The Hall–Kier alpha value is -3.35. The Labute approximate surface area is 140 Å². The standard InChI is InChI=1S/C17H19N5O2/c1-23-15-9-5-3-7-13(15)11-19-21-17(18)22-20-12-14-8-4-6-10-16(14)24-2/h3-12H,1-2H3,(H3,18,21,22). The van der Waals surface area contributed by atoms with Crippen LogP contribution in [0.5, 0.6) is 11.5 Å². The molecule has 2 aromatic carbocycles. The molecule has 0 aliphatic heterocycles. The SMILES string of the molecule is COc1ccccc1C=NN=C(N)NN=Cc1ccccc1OC. The molecule has 0 bridgehead atoms. The van der Waals surface area contributed by atoms with Gasteiger partial charge >= 0.3 is 0 Å². The number of ether oxygens (including phenoxy) is 2. The Morgan fingerprint density at radius 2 is 1.46 bits per heavy atom. The minimum absolute atomic E-state index is 0.0623. The van der Waals surface area contributed by atoms with E-state index in [4.69, 9.17) is 15.2 Å². The molecule has 124 valence electrons. The highest BCUT2D eigenvalue weighted by Crippen LogP contribution is 2.15. The fourth-order valence-corrected chi connectivity index (χ4v) is 1.89. The van der Waals surface area contributed by atoms with Crippen molar-refractivity contribution in [1.82, 2.24) is 5.43 Å². The number of hydrogen-bond acceptors (Lipinski definition) is 5. The number of nitrogens with two attached hydrogens (primary N) is 1. The second-order valence-electron chi connectivity index (χ2n) is 4.58. The number of guanidine groups is 1. The van der Waals surface area contributed by atoms with Crippen LogP contribution in [0, 0.1) is 0 Å². The predicted molar refractivity (Wildman–Crippen MR) is 95.9 cm³/mol. The lowest BCUT2D eigenvalue weighted by Crippen LogP contribution is -2.26. The van der Waals surface area contributed by atoms with E-state index in [2.05, 4.69) is 20.7 Å². The Morgan fingerprint density at radius 3 is 2.04 bits per heavy atom. The van der Waals surface area contributed by atoms with Gasteiger partial charge < -0.3 is 15.2 Å². The van der Waals surface area contributed by atoms with Crippen molar-refractivity contribution in [3.8, 4) is 11.5 Å². The smallest absolute Gasteiger partial charge is 0.234 e. The third-order valence-corrected chi connectivity index (χ3v) is 3.02. The summed E-state index contributed by atoms with van der Waals surface area (Å²) < 4.78 is 10.4. The van der Waals surface area contributed by atoms with Crippen LogP contribution in [0.2, 0.25) is 0 Å². The van der Waals surface area contributed by atoms with E-state index in [1.807, 2.05) is 48.5 Å². The lowest BCUT2D eigenvalue weighted by Gasteiger charge is -2.03. The van der Waals surface area contributed by atoms with Gasteiger partial charge in [0.15, 0.2) is 0 Å². The molecule has 0 saturated heterocycles. The summed E-state index contributed by atoms with van der Waals surface area (Å²) in [4.78, 5) is 0. The first-order valence-electron chi connectivity index (χ1n) is 7.16. The van der Waals surface area contributed by atoms with Crippen molar-refractivity contribution in [2.24, 2.45) is 21.0 Å². The van der Waals surface area contributed by atoms with Crippen LogP contribution in [0.1, 0.15) is 11.1 Å². The lowest BCUT2D eigenvalue weighted by atomic mass is 10.2. The Kier molecular flexibility index (Phi) is 6.34. The monoisotopic (exact) mass is 325 g/mol. The first kappa shape index (κ1) is 17.0. The van der Waals surface area contributed by atoms with E-state index in [1.54, 1.807) is 26.6 Å². The first-order chi connectivity index (χ1) is 11.7. The maximum Gasteiger partial charge on any atom is 0.234 e. The van der Waals surface area contributed by atoms with Crippen LogP contribution in [-0.2, 0) is 0 Å². The van der Waals surface area contributed by atoms with E-state index >= 15 is 0 Å². The predicted octanol–water partition coefficient (Wildman–Crippen LogP) is 1.98. The molecule has 2 aromatic rings. The molecule has 0 atom stereocenters. The third kappa shape index (κ3) is 4.84. The zero-order valence-corrected chi connectivity index (χ0v) is 13.5. The summed E-state index contributed by atoms with van der Waals surface area (Å²) in [5.41, 5.74) is 9.90. The van der Waals surface area contributed by atoms with Crippen LogP contribution in [0.4, 0.5) is 0 Å². The highest BCUT2D eigenvalue weighted by molar-refractivity contribution is 5.86. The lowest BCUT2D eigenvalue weighted by molar-refractivity contribution is 0.414. The van der Waals surface area contributed by atoms with Gasteiger partial charge in [0.2, 0.25) is 5.96 Å². The number of nitrogens with zero attached hydrogens (tertiary/aromatic N) is 3. The largest absolute Gasteiger partial charge is 0.496 e. The second-order valence-corrected chi connectivity index (χ2v) is 4.58.